The van der Waals surface area contributed by atoms with Gasteiger partial charge < -0.3 is 4.57 Å². The van der Waals surface area contributed by atoms with Crippen molar-refractivity contribution in [1.29, 1.82) is 0 Å². The first-order chi connectivity index (χ1) is 8.54. The predicted octanol–water partition coefficient (Wildman–Crippen LogP) is 2.75. The quantitative estimate of drug-likeness (QED) is 0.739. The highest BCUT2D eigenvalue weighted by Gasteiger charge is 2.10. The second-order valence-corrected chi connectivity index (χ2v) is 5.24. The lowest BCUT2D eigenvalue weighted by atomic mass is 10.2. The largest absolute Gasteiger partial charge is 0.304 e. The number of thiazole rings is 1. The number of carbonyl (C=O) groups is 1. The Kier molecular flexibility index (Phi) is 3.55. The molecule has 0 saturated heterocycles. The number of nitrogens with zero attached hydrogens (tertiary/aromatic N) is 2. The van der Waals surface area contributed by atoms with Crippen molar-refractivity contribution in [2.45, 2.75) is 20.4 Å². The minimum Gasteiger partial charge on any atom is -0.304 e. The van der Waals surface area contributed by atoms with Gasteiger partial charge in [-0.2, -0.15) is 4.99 Å². The van der Waals surface area contributed by atoms with E-state index in [0.29, 0.717) is 16.4 Å². The number of benzene rings is 1. The Morgan fingerprint density at radius 2 is 2.33 bits per heavy atom. The molecule has 1 aromatic carbocycles. The Hall–Kier alpha value is -1.57. The van der Waals surface area contributed by atoms with Gasteiger partial charge in [0.25, 0.3) is 0 Å². The van der Waals surface area contributed by atoms with Crippen molar-refractivity contribution in [3.05, 3.63) is 27.5 Å². The highest BCUT2D eigenvalue weighted by atomic mass is 35.5. The van der Waals surface area contributed by atoms with E-state index in [9.17, 15) is 4.79 Å². The maximum atomic E-state index is 11.1. The first kappa shape index (κ1) is 12.9. The first-order valence-corrected chi connectivity index (χ1v) is 6.51. The summed E-state index contributed by atoms with van der Waals surface area (Å²) in [6.07, 6.45) is 5.37. The summed E-state index contributed by atoms with van der Waals surface area (Å²) >= 11 is 7.55. The van der Waals surface area contributed by atoms with Gasteiger partial charge in [-0.05, 0) is 24.6 Å². The molecule has 0 unspecified atom stereocenters. The number of rotatable bonds is 1. The molecule has 1 amide bonds. The minimum atomic E-state index is -0.240. The summed E-state index contributed by atoms with van der Waals surface area (Å²) < 4.78 is 2.87. The van der Waals surface area contributed by atoms with Gasteiger partial charge in [0.15, 0.2) is 4.80 Å². The van der Waals surface area contributed by atoms with Crippen molar-refractivity contribution in [1.82, 2.24) is 4.57 Å². The van der Waals surface area contributed by atoms with E-state index in [1.54, 1.807) is 0 Å². The highest BCUT2D eigenvalue weighted by Crippen LogP contribution is 2.26. The first-order valence-electron chi connectivity index (χ1n) is 5.31. The van der Waals surface area contributed by atoms with Crippen LogP contribution in [0.4, 0.5) is 0 Å². The van der Waals surface area contributed by atoms with Crippen LogP contribution in [0.5, 0.6) is 0 Å². The van der Waals surface area contributed by atoms with Crippen LogP contribution in [0.3, 0.4) is 0 Å². The van der Waals surface area contributed by atoms with E-state index in [-0.39, 0.29) is 5.91 Å². The zero-order valence-electron chi connectivity index (χ0n) is 10.0. The van der Waals surface area contributed by atoms with Crippen molar-refractivity contribution in [2.75, 3.05) is 0 Å². The summed E-state index contributed by atoms with van der Waals surface area (Å²) in [5.41, 5.74) is 1.90. The number of amides is 1. The molecular weight excluding hydrogens is 268 g/mol. The molecule has 0 atom stereocenters. The standard InChI is InChI=1S/C13H11ClN2OS/c1-4-7-16-12-8(2)10(14)5-6-11(12)18-13(16)15-9(3)17/h1,5-6H,7H2,2-3H3. The molecule has 0 aliphatic rings. The van der Waals surface area contributed by atoms with Crippen LogP contribution in [0.15, 0.2) is 17.1 Å². The van der Waals surface area contributed by atoms with Crippen LogP contribution in [-0.4, -0.2) is 10.5 Å². The number of aryl methyl sites for hydroxylation is 1. The van der Waals surface area contributed by atoms with Crippen LogP contribution >= 0.6 is 22.9 Å². The van der Waals surface area contributed by atoms with E-state index < -0.39 is 0 Å². The van der Waals surface area contributed by atoms with Gasteiger partial charge in [-0.3, -0.25) is 4.79 Å². The van der Waals surface area contributed by atoms with E-state index >= 15 is 0 Å². The van der Waals surface area contributed by atoms with Crippen LogP contribution in [0.2, 0.25) is 5.02 Å². The molecule has 18 heavy (non-hydrogen) atoms. The van der Waals surface area contributed by atoms with Crippen molar-refractivity contribution in [3.8, 4) is 12.3 Å². The van der Waals surface area contributed by atoms with Crippen LogP contribution in [0, 0.1) is 19.3 Å². The third kappa shape index (κ3) is 2.20. The maximum absolute atomic E-state index is 11.1. The number of aromatic nitrogens is 1. The monoisotopic (exact) mass is 278 g/mol. The Morgan fingerprint density at radius 1 is 1.61 bits per heavy atom. The average molecular weight is 279 g/mol. The maximum Gasteiger partial charge on any atom is 0.245 e. The molecule has 2 aromatic rings. The van der Waals surface area contributed by atoms with E-state index in [2.05, 4.69) is 10.9 Å². The van der Waals surface area contributed by atoms with Gasteiger partial charge >= 0.3 is 0 Å². The van der Waals surface area contributed by atoms with Crippen LogP contribution in [0.25, 0.3) is 10.2 Å². The topological polar surface area (TPSA) is 34.4 Å². The normalized spacial score (nSPS) is 11.8. The molecule has 3 nitrogen and oxygen atoms in total. The van der Waals surface area contributed by atoms with Gasteiger partial charge in [0.1, 0.15) is 0 Å². The van der Waals surface area contributed by atoms with Gasteiger partial charge in [0.05, 0.1) is 16.8 Å². The Morgan fingerprint density at radius 3 is 2.94 bits per heavy atom. The zero-order valence-corrected chi connectivity index (χ0v) is 11.6. The summed E-state index contributed by atoms with van der Waals surface area (Å²) in [4.78, 5) is 15.7. The molecular formula is C13H11ClN2OS. The van der Waals surface area contributed by atoms with Crippen molar-refractivity contribution >= 4 is 39.1 Å². The minimum absolute atomic E-state index is 0.240. The zero-order chi connectivity index (χ0) is 13.3. The van der Waals surface area contributed by atoms with E-state index in [1.807, 2.05) is 23.6 Å². The fourth-order valence-corrected chi connectivity index (χ4v) is 3.06. The molecule has 0 radical (unpaired) electrons. The molecule has 5 heteroatoms. The molecule has 0 bridgehead atoms. The van der Waals surface area contributed by atoms with Crippen LogP contribution in [0.1, 0.15) is 12.5 Å². The summed E-state index contributed by atoms with van der Waals surface area (Å²) in [7, 11) is 0. The second kappa shape index (κ2) is 4.97. The predicted molar refractivity (Wildman–Crippen MR) is 74.6 cm³/mol. The lowest BCUT2D eigenvalue weighted by molar-refractivity contribution is -0.116. The van der Waals surface area contributed by atoms with Gasteiger partial charge in [-0.1, -0.05) is 28.9 Å². The third-order valence-corrected chi connectivity index (χ3v) is 3.99. The summed E-state index contributed by atoms with van der Waals surface area (Å²) in [5, 5.41) is 0.681. The van der Waals surface area contributed by atoms with E-state index in [4.69, 9.17) is 18.0 Å². The van der Waals surface area contributed by atoms with Crippen molar-refractivity contribution < 1.29 is 4.79 Å². The SMILES string of the molecule is C#CCn1c(=NC(C)=O)sc2ccc(Cl)c(C)c21. The fraction of sp³-hybridized carbons (Fsp3) is 0.231. The molecule has 0 aliphatic carbocycles. The molecule has 0 N–H and O–H groups in total. The summed E-state index contributed by atoms with van der Waals surface area (Å²) in [5.74, 6) is 2.34. The lowest BCUT2D eigenvalue weighted by Crippen LogP contribution is -2.16. The lowest BCUT2D eigenvalue weighted by Gasteiger charge is -2.04. The molecule has 2 rings (SSSR count). The highest BCUT2D eigenvalue weighted by molar-refractivity contribution is 7.16. The molecule has 1 aromatic heterocycles. The smallest absolute Gasteiger partial charge is 0.245 e. The molecule has 0 fully saturated rings. The molecule has 0 saturated carbocycles. The Bertz CT molecular complexity index is 734. The van der Waals surface area contributed by atoms with Gasteiger partial charge in [0, 0.05) is 11.9 Å². The summed E-state index contributed by atoms with van der Waals surface area (Å²) in [6, 6.07) is 3.76. The van der Waals surface area contributed by atoms with Crippen molar-refractivity contribution in [3.63, 3.8) is 0 Å². The second-order valence-electron chi connectivity index (χ2n) is 3.82. The number of hydrogen-bond donors (Lipinski definition) is 0. The number of carbonyl (C=O) groups excluding carboxylic acids is 1. The number of fused-ring (bicyclic) bond motifs is 1. The summed E-state index contributed by atoms with van der Waals surface area (Å²) in [6.45, 7) is 3.72. The number of hydrogen-bond acceptors (Lipinski definition) is 2. The molecule has 0 aliphatic heterocycles. The van der Waals surface area contributed by atoms with Crippen molar-refractivity contribution in [2.24, 2.45) is 4.99 Å². The third-order valence-electron chi connectivity index (χ3n) is 2.53. The number of halogens is 1. The molecule has 92 valence electrons. The number of terminal acetylenes is 1. The Balaban J connectivity index is 2.91. The van der Waals surface area contributed by atoms with E-state index in [0.717, 1.165) is 15.8 Å². The van der Waals surface area contributed by atoms with Crippen LogP contribution in [-0.2, 0) is 11.3 Å². The van der Waals surface area contributed by atoms with E-state index in [1.165, 1.54) is 18.3 Å². The van der Waals surface area contributed by atoms with Gasteiger partial charge in [-0.15, -0.1) is 6.42 Å². The van der Waals surface area contributed by atoms with Crippen LogP contribution < -0.4 is 4.80 Å². The van der Waals surface area contributed by atoms with Gasteiger partial charge in [-0.25, -0.2) is 0 Å². The van der Waals surface area contributed by atoms with Gasteiger partial charge in [0.2, 0.25) is 5.91 Å². The Labute approximate surface area is 114 Å². The average Bonchev–Trinajstić information content (AvgIpc) is 2.63. The molecule has 1 heterocycles. The molecule has 0 spiro atoms. The fourth-order valence-electron chi connectivity index (χ4n) is 1.77.